The van der Waals surface area contributed by atoms with E-state index in [1.54, 1.807) is 0 Å². The van der Waals surface area contributed by atoms with Crippen LogP contribution in [-0.4, -0.2) is 15.1 Å². The SMILES string of the molecule is O=S1(=S)CCCC1c1ccc(C(c2ccccc2)c2ccccc2)cc1O. The number of phenols is 1. The molecule has 0 aliphatic carbocycles. The van der Waals surface area contributed by atoms with Crippen molar-refractivity contribution < 1.29 is 9.32 Å². The highest BCUT2D eigenvalue weighted by Crippen LogP contribution is 2.41. The highest BCUT2D eigenvalue weighted by atomic mass is 32.8. The zero-order valence-corrected chi connectivity index (χ0v) is 16.6. The topological polar surface area (TPSA) is 37.3 Å². The van der Waals surface area contributed by atoms with Crippen LogP contribution in [0.1, 0.15) is 46.3 Å². The van der Waals surface area contributed by atoms with Gasteiger partial charge in [-0.15, -0.1) is 0 Å². The van der Waals surface area contributed by atoms with Gasteiger partial charge in [0.2, 0.25) is 0 Å². The van der Waals surface area contributed by atoms with Crippen LogP contribution in [0.15, 0.2) is 78.9 Å². The molecule has 1 aliphatic heterocycles. The number of benzene rings is 3. The molecule has 138 valence electrons. The number of hydrogen-bond acceptors (Lipinski definition) is 3. The summed E-state index contributed by atoms with van der Waals surface area (Å²) < 4.78 is 12.6. The molecule has 4 rings (SSSR count). The maximum Gasteiger partial charge on any atom is 0.120 e. The first-order chi connectivity index (χ1) is 13.1. The first-order valence-electron chi connectivity index (χ1n) is 9.20. The molecule has 2 atom stereocenters. The van der Waals surface area contributed by atoms with E-state index >= 15 is 0 Å². The largest absolute Gasteiger partial charge is 0.508 e. The van der Waals surface area contributed by atoms with Gasteiger partial charge in [0.05, 0.1) is 5.25 Å². The maximum absolute atomic E-state index is 12.6. The summed E-state index contributed by atoms with van der Waals surface area (Å²) in [5, 5.41) is 10.5. The monoisotopic (exact) mass is 394 g/mol. The van der Waals surface area contributed by atoms with Crippen molar-refractivity contribution in [3.05, 3.63) is 101 Å². The molecule has 1 aliphatic rings. The molecule has 0 saturated carbocycles. The lowest BCUT2D eigenvalue weighted by Crippen LogP contribution is -2.08. The second-order valence-electron chi connectivity index (χ2n) is 7.07. The third-order valence-corrected chi connectivity index (χ3v) is 8.74. The quantitative estimate of drug-likeness (QED) is 0.622. The van der Waals surface area contributed by atoms with E-state index in [-0.39, 0.29) is 16.9 Å². The fourth-order valence-corrected chi connectivity index (χ4v) is 6.94. The maximum atomic E-state index is 12.6. The normalized spacial score (nSPS) is 22.2. The van der Waals surface area contributed by atoms with Crippen LogP contribution in [-0.2, 0) is 19.7 Å². The Morgan fingerprint density at radius 1 is 0.889 bits per heavy atom. The van der Waals surface area contributed by atoms with Gasteiger partial charge in [-0.1, -0.05) is 72.8 Å². The summed E-state index contributed by atoms with van der Waals surface area (Å²) >= 11 is 5.33. The van der Waals surface area contributed by atoms with E-state index < -0.39 is 8.49 Å². The van der Waals surface area contributed by atoms with Gasteiger partial charge in [-0.3, -0.25) is 4.21 Å². The summed E-state index contributed by atoms with van der Waals surface area (Å²) in [6, 6.07) is 26.4. The number of phenolic OH excluding ortho intramolecular Hbond substituents is 1. The Labute approximate surface area is 165 Å². The van der Waals surface area contributed by atoms with Crippen molar-refractivity contribution in [3.63, 3.8) is 0 Å². The highest BCUT2D eigenvalue weighted by molar-refractivity contribution is 8.33. The molecular formula is C23H22O2S2. The van der Waals surface area contributed by atoms with Crippen LogP contribution in [0, 0.1) is 0 Å². The van der Waals surface area contributed by atoms with Crippen molar-refractivity contribution in [1.29, 1.82) is 0 Å². The van der Waals surface area contributed by atoms with Crippen LogP contribution in [0.2, 0.25) is 0 Å². The Balaban J connectivity index is 1.79. The molecule has 3 aromatic rings. The Hall–Kier alpha value is -2.17. The van der Waals surface area contributed by atoms with Gasteiger partial charge in [-0.05, 0) is 46.8 Å². The molecule has 1 N–H and O–H groups in total. The summed E-state index contributed by atoms with van der Waals surface area (Å²) in [7, 11) is -2.33. The average Bonchev–Trinajstić information content (AvgIpc) is 3.03. The first-order valence-corrected chi connectivity index (χ1v) is 11.9. The lowest BCUT2D eigenvalue weighted by molar-refractivity contribution is 0.465. The highest BCUT2D eigenvalue weighted by Gasteiger charge is 2.31. The first kappa shape index (κ1) is 18.2. The fraction of sp³-hybridized carbons (Fsp3) is 0.217. The lowest BCUT2D eigenvalue weighted by atomic mass is 9.84. The van der Waals surface area contributed by atoms with Crippen molar-refractivity contribution in [2.24, 2.45) is 0 Å². The van der Waals surface area contributed by atoms with Crippen LogP contribution >= 0.6 is 0 Å². The molecule has 3 aromatic carbocycles. The van der Waals surface area contributed by atoms with E-state index in [4.69, 9.17) is 11.2 Å². The van der Waals surface area contributed by atoms with Gasteiger partial charge >= 0.3 is 0 Å². The van der Waals surface area contributed by atoms with Crippen LogP contribution in [0.4, 0.5) is 0 Å². The van der Waals surface area contributed by atoms with Gasteiger partial charge in [-0.25, -0.2) is 0 Å². The van der Waals surface area contributed by atoms with Crippen molar-refractivity contribution >= 4 is 19.7 Å². The summed E-state index contributed by atoms with van der Waals surface area (Å²) in [4.78, 5) is 0. The predicted molar refractivity (Wildman–Crippen MR) is 114 cm³/mol. The molecule has 1 fully saturated rings. The van der Waals surface area contributed by atoms with Crippen LogP contribution in [0.3, 0.4) is 0 Å². The smallest absolute Gasteiger partial charge is 0.120 e. The molecule has 0 bridgehead atoms. The van der Waals surface area contributed by atoms with Crippen LogP contribution in [0.25, 0.3) is 0 Å². The molecule has 0 amide bonds. The van der Waals surface area contributed by atoms with E-state index in [0.717, 1.165) is 24.0 Å². The van der Waals surface area contributed by atoms with Gasteiger partial charge in [0, 0.05) is 25.7 Å². The summed E-state index contributed by atoms with van der Waals surface area (Å²) in [5.41, 5.74) is 4.09. The van der Waals surface area contributed by atoms with E-state index in [1.165, 1.54) is 11.1 Å². The van der Waals surface area contributed by atoms with Gasteiger partial charge in [-0.2, -0.15) is 0 Å². The molecular weight excluding hydrogens is 372 g/mol. The minimum Gasteiger partial charge on any atom is -0.508 e. The van der Waals surface area contributed by atoms with Crippen molar-refractivity contribution in [2.75, 3.05) is 5.75 Å². The van der Waals surface area contributed by atoms with E-state index in [2.05, 4.69) is 24.3 Å². The molecule has 1 heterocycles. The molecule has 4 heteroatoms. The molecule has 0 spiro atoms. The molecule has 2 nitrogen and oxygen atoms in total. The molecule has 27 heavy (non-hydrogen) atoms. The molecule has 0 aromatic heterocycles. The van der Waals surface area contributed by atoms with Gasteiger partial charge in [0.25, 0.3) is 0 Å². The Morgan fingerprint density at radius 3 is 1.96 bits per heavy atom. The van der Waals surface area contributed by atoms with Gasteiger partial charge in [0.15, 0.2) is 0 Å². The average molecular weight is 395 g/mol. The van der Waals surface area contributed by atoms with Gasteiger partial charge in [0.1, 0.15) is 5.75 Å². The van der Waals surface area contributed by atoms with Crippen molar-refractivity contribution in [2.45, 2.75) is 24.0 Å². The standard InChI is InChI=1S/C23H22O2S2/c24-21-16-19(13-14-20(21)22-12-7-15-27(22,25)26)23(17-8-3-1-4-9-17)18-10-5-2-6-11-18/h1-6,8-11,13-14,16,22-24H,7,12,15H2. The Bertz CT molecular complexity index is 989. The number of hydrogen-bond donors (Lipinski definition) is 1. The zero-order chi connectivity index (χ0) is 18.9. The number of rotatable bonds is 4. The van der Waals surface area contributed by atoms with Gasteiger partial charge < -0.3 is 5.11 Å². The van der Waals surface area contributed by atoms with Crippen molar-refractivity contribution in [3.8, 4) is 5.75 Å². The van der Waals surface area contributed by atoms with E-state index in [0.29, 0.717) is 5.75 Å². The predicted octanol–water partition coefficient (Wildman–Crippen LogP) is 5.15. The molecule has 1 saturated heterocycles. The Kier molecular flexibility index (Phi) is 5.02. The van der Waals surface area contributed by atoms with E-state index in [9.17, 15) is 9.32 Å². The molecule has 0 radical (unpaired) electrons. The lowest BCUT2D eigenvalue weighted by Gasteiger charge is -2.21. The third-order valence-electron chi connectivity index (χ3n) is 5.33. The summed E-state index contributed by atoms with van der Waals surface area (Å²) in [6.45, 7) is 0. The third kappa shape index (κ3) is 3.64. The summed E-state index contributed by atoms with van der Waals surface area (Å²) in [6.07, 6.45) is 1.65. The second-order valence-corrected chi connectivity index (χ2v) is 11.1. The molecule has 2 unspecified atom stereocenters. The van der Waals surface area contributed by atoms with E-state index in [1.807, 2.05) is 54.6 Å². The second kappa shape index (κ2) is 7.45. The summed E-state index contributed by atoms with van der Waals surface area (Å²) in [5.74, 6) is 0.808. The van der Waals surface area contributed by atoms with Crippen LogP contribution in [0.5, 0.6) is 5.75 Å². The minimum atomic E-state index is -2.33. The Morgan fingerprint density at radius 2 is 1.48 bits per heavy atom. The number of aromatic hydroxyl groups is 1. The van der Waals surface area contributed by atoms with Crippen molar-refractivity contribution in [1.82, 2.24) is 0 Å². The zero-order valence-electron chi connectivity index (χ0n) is 15.0. The minimum absolute atomic E-state index is 0.0313. The fourth-order valence-electron chi connectivity index (χ4n) is 4.02. The van der Waals surface area contributed by atoms with Crippen LogP contribution < -0.4 is 0 Å².